The molecule has 0 saturated heterocycles. The Morgan fingerprint density at radius 1 is 1.12 bits per heavy atom. The van der Waals surface area contributed by atoms with E-state index in [1.807, 2.05) is 6.07 Å². The summed E-state index contributed by atoms with van der Waals surface area (Å²) in [5.41, 5.74) is 8.90. The zero-order valence-electron chi connectivity index (χ0n) is 13.6. The first kappa shape index (κ1) is 16.3. The largest absolute Gasteiger partial charge is 0.619 e. The van der Waals surface area contributed by atoms with Crippen molar-refractivity contribution in [3.05, 3.63) is 77.8 Å². The third-order valence-corrected chi connectivity index (χ3v) is 3.76. The first-order valence-corrected chi connectivity index (χ1v) is 7.61. The van der Waals surface area contributed by atoms with Crippen molar-refractivity contribution in [2.75, 3.05) is 18.2 Å². The number of rotatable bonds is 4. The van der Waals surface area contributed by atoms with E-state index in [1.165, 1.54) is 12.4 Å². The lowest BCUT2D eigenvalue weighted by molar-refractivity contribution is -0.604. The number of amides is 1. The third-order valence-electron chi connectivity index (χ3n) is 3.76. The van der Waals surface area contributed by atoms with Crippen molar-refractivity contribution >= 4 is 17.3 Å². The van der Waals surface area contributed by atoms with Crippen molar-refractivity contribution < 1.29 is 14.3 Å². The Hall–Kier alpha value is -3.54. The molecule has 0 aliphatic carbocycles. The summed E-state index contributed by atoms with van der Waals surface area (Å²) in [5.74, 6) is 0.395. The van der Waals surface area contributed by atoms with E-state index in [0.29, 0.717) is 22.7 Å². The number of carbonyl (C=O) groups is 1. The molecule has 0 unspecified atom stereocenters. The zero-order chi connectivity index (χ0) is 17.8. The number of carbonyl (C=O) groups excluding carboxylic acids is 1. The molecule has 3 aromatic rings. The Morgan fingerprint density at radius 2 is 1.88 bits per heavy atom. The Morgan fingerprint density at radius 3 is 2.56 bits per heavy atom. The molecule has 1 amide bonds. The number of pyridine rings is 1. The predicted molar refractivity (Wildman–Crippen MR) is 96.2 cm³/mol. The lowest BCUT2D eigenvalue weighted by Gasteiger charge is -2.11. The smallest absolute Gasteiger partial charge is 0.255 e. The second-order valence-electron chi connectivity index (χ2n) is 5.44. The third kappa shape index (κ3) is 3.69. The predicted octanol–water partition coefficient (Wildman–Crippen LogP) is 2.83. The molecular weight excluding hydrogens is 318 g/mol. The second-order valence-corrected chi connectivity index (χ2v) is 5.44. The standard InChI is InChI=1S/C19H17N3O3/c1-25-16-7-4-13(5-8-16)19(23)21-18-11-14(6-9-17(18)20)15-3-2-10-22(24)12-15/h2-12H,20H2,1H3,(H,21,23). The summed E-state index contributed by atoms with van der Waals surface area (Å²) < 4.78 is 5.80. The van der Waals surface area contributed by atoms with E-state index < -0.39 is 0 Å². The van der Waals surface area contributed by atoms with Gasteiger partial charge in [0.25, 0.3) is 5.91 Å². The van der Waals surface area contributed by atoms with Crippen molar-refractivity contribution in [2.24, 2.45) is 0 Å². The molecule has 0 radical (unpaired) electrons. The van der Waals surface area contributed by atoms with Gasteiger partial charge in [-0.1, -0.05) is 6.07 Å². The minimum Gasteiger partial charge on any atom is -0.619 e. The Balaban J connectivity index is 1.86. The molecule has 0 bridgehead atoms. The molecular formula is C19H17N3O3. The molecule has 0 aliphatic heterocycles. The number of nitrogen functional groups attached to an aromatic ring is 1. The van der Waals surface area contributed by atoms with Gasteiger partial charge in [-0.05, 0) is 48.0 Å². The molecule has 2 aromatic carbocycles. The number of nitrogens with two attached hydrogens (primary N) is 1. The minimum absolute atomic E-state index is 0.279. The van der Waals surface area contributed by atoms with Gasteiger partial charge >= 0.3 is 0 Å². The number of methoxy groups -OCH3 is 1. The molecule has 0 atom stereocenters. The number of hydrogen-bond donors (Lipinski definition) is 2. The van der Waals surface area contributed by atoms with E-state index in [-0.39, 0.29) is 5.91 Å². The molecule has 6 nitrogen and oxygen atoms in total. The number of benzene rings is 2. The first-order valence-electron chi connectivity index (χ1n) is 7.61. The van der Waals surface area contributed by atoms with Gasteiger partial charge in [0, 0.05) is 17.2 Å². The van der Waals surface area contributed by atoms with Crippen LogP contribution < -0.4 is 20.5 Å². The molecule has 0 saturated carbocycles. The van der Waals surface area contributed by atoms with Gasteiger partial charge in [-0.25, -0.2) is 0 Å². The van der Waals surface area contributed by atoms with Gasteiger partial charge in [-0.3, -0.25) is 4.79 Å². The highest BCUT2D eigenvalue weighted by molar-refractivity contribution is 6.06. The quantitative estimate of drug-likeness (QED) is 0.436. The van der Waals surface area contributed by atoms with Gasteiger partial charge in [0.2, 0.25) is 0 Å². The average molecular weight is 335 g/mol. The van der Waals surface area contributed by atoms with Crippen LogP contribution in [0.2, 0.25) is 0 Å². The number of hydrogen-bond acceptors (Lipinski definition) is 4. The lowest BCUT2D eigenvalue weighted by atomic mass is 10.1. The maximum Gasteiger partial charge on any atom is 0.255 e. The number of aromatic nitrogens is 1. The van der Waals surface area contributed by atoms with Gasteiger partial charge in [0.1, 0.15) is 5.75 Å². The number of nitrogens with zero attached hydrogens (tertiary/aromatic N) is 1. The van der Waals surface area contributed by atoms with Crippen LogP contribution in [0.3, 0.4) is 0 Å². The van der Waals surface area contributed by atoms with Gasteiger partial charge in [-0.2, -0.15) is 4.73 Å². The van der Waals surface area contributed by atoms with Crippen molar-refractivity contribution in [1.29, 1.82) is 0 Å². The maximum atomic E-state index is 12.4. The van der Waals surface area contributed by atoms with Crippen LogP contribution in [0.5, 0.6) is 5.75 Å². The molecule has 3 N–H and O–H groups in total. The molecule has 0 aliphatic rings. The lowest BCUT2D eigenvalue weighted by Crippen LogP contribution is -2.23. The Kier molecular flexibility index (Phi) is 4.52. The van der Waals surface area contributed by atoms with E-state index in [9.17, 15) is 10.0 Å². The Bertz CT molecular complexity index is 908. The highest BCUT2D eigenvalue weighted by atomic mass is 16.5. The zero-order valence-corrected chi connectivity index (χ0v) is 13.6. The molecule has 6 heteroatoms. The summed E-state index contributed by atoms with van der Waals surface area (Å²) in [4.78, 5) is 12.4. The summed E-state index contributed by atoms with van der Waals surface area (Å²) in [6.45, 7) is 0. The van der Waals surface area contributed by atoms with E-state index >= 15 is 0 Å². The summed E-state index contributed by atoms with van der Waals surface area (Å²) in [5, 5.41) is 14.2. The normalized spacial score (nSPS) is 10.3. The van der Waals surface area contributed by atoms with Crippen LogP contribution in [0.1, 0.15) is 10.4 Å². The fourth-order valence-corrected chi connectivity index (χ4v) is 2.41. The number of ether oxygens (including phenoxy) is 1. The van der Waals surface area contributed by atoms with Gasteiger partial charge in [0.15, 0.2) is 12.4 Å². The molecule has 0 spiro atoms. The van der Waals surface area contributed by atoms with E-state index in [2.05, 4.69) is 5.32 Å². The van der Waals surface area contributed by atoms with E-state index in [1.54, 1.807) is 55.6 Å². The van der Waals surface area contributed by atoms with E-state index in [4.69, 9.17) is 10.5 Å². The fraction of sp³-hybridized carbons (Fsp3) is 0.0526. The van der Waals surface area contributed by atoms with Crippen LogP contribution in [0.15, 0.2) is 67.0 Å². The van der Waals surface area contributed by atoms with E-state index in [0.717, 1.165) is 15.9 Å². The molecule has 3 rings (SSSR count). The van der Waals surface area contributed by atoms with Crippen LogP contribution in [0.25, 0.3) is 11.1 Å². The van der Waals surface area contributed by atoms with Crippen LogP contribution in [0, 0.1) is 5.21 Å². The minimum atomic E-state index is -0.279. The van der Waals surface area contributed by atoms with Crippen LogP contribution in [0.4, 0.5) is 11.4 Å². The first-order chi connectivity index (χ1) is 12.1. The van der Waals surface area contributed by atoms with Crippen molar-refractivity contribution in [3.8, 4) is 16.9 Å². The van der Waals surface area contributed by atoms with Crippen LogP contribution in [-0.4, -0.2) is 13.0 Å². The van der Waals surface area contributed by atoms with Gasteiger partial charge in [0.05, 0.1) is 18.5 Å². The second kappa shape index (κ2) is 6.92. The molecule has 1 aromatic heterocycles. The fourth-order valence-electron chi connectivity index (χ4n) is 2.41. The monoisotopic (exact) mass is 335 g/mol. The maximum absolute atomic E-state index is 12.4. The number of nitrogens with one attached hydrogen (secondary N) is 1. The summed E-state index contributed by atoms with van der Waals surface area (Å²) in [6.07, 6.45) is 2.87. The van der Waals surface area contributed by atoms with Crippen molar-refractivity contribution in [1.82, 2.24) is 0 Å². The topological polar surface area (TPSA) is 91.3 Å². The average Bonchev–Trinajstić information content (AvgIpc) is 2.63. The summed E-state index contributed by atoms with van der Waals surface area (Å²) in [7, 11) is 1.57. The number of anilines is 2. The molecule has 1 heterocycles. The summed E-state index contributed by atoms with van der Waals surface area (Å²) in [6, 6.07) is 15.5. The van der Waals surface area contributed by atoms with Crippen LogP contribution >= 0.6 is 0 Å². The highest BCUT2D eigenvalue weighted by Crippen LogP contribution is 2.27. The molecule has 25 heavy (non-hydrogen) atoms. The highest BCUT2D eigenvalue weighted by Gasteiger charge is 2.10. The SMILES string of the molecule is COc1ccc(C(=O)Nc2cc(-c3ccc[n+]([O-])c3)ccc2N)cc1. The van der Waals surface area contributed by atoms with Crippen LogP contribution in [-0.2, 0) is 0 Å². The van der Waals surface area contributed by atoms with Gasteiger partial charge in [-0.15, -0.1) is 0 Å². The van der Waals surface area contributed by atoms with Crippen molar-refractivity contribution in [3.63, 3.8) is 0 Å². The molecule has 126 valence electrons. The van der Waals surface area contributed by atoms with Gasteiger partial charge < -0.3 is 21.0 Å². The Labute approximate surface area is 145 Å². The van der Waals surface area contributed by atoms with Crippen molar-refractivity contribution in [2.45, 2.75) is 0 Å². The molecule has 0 fully saturated rings. The summed E-state index contributed by atoms with van der Waals surface area (Å²) >= 11 is 0.